The van der Waals surface area contributed by atoms with Gasteiger partial charge in [-0.2, -0.15) is 0 Å². The van der Waals surface area contributed by atoms with Crippen molar-refractivity contribution < 1.29 is 27.8 Å². The van der Waals surface area contributed by atoms with Crippen molar-refractivity contribution in [3.8, 4) is 56.7 Å². The number of rotatable bonds is 18. The molecular weight excluding hydrogens is 789 g/mol. The fraction of sp³-hybridized carbons (Fsp3) is 0.167. The predicted molar refractivity (Wildman–Crippen MR) is 233 cm³/mol. The number of ether oxygens (including phenoxy) is 4. The molecule has 0 aliphatic heterocycles. The third kappa shape index (κ3) is 9.52. The minimum absolute atomic E-state index is 0.108. The monoisotopic (exact) mass is 828 g/mol. The molecule has 0 bridgehead atoms. The van der Waals surface area contributed by atoms with E-state index < -0.39 is 0 Å². The number of hydrogen-bond donors (Lipinski definition) is 0. The Hall–Kier alpha value is -7.68. The third-order valence-electron chi connectivity index (χ3n) is 9.97. The number of aromatic nitrogens is 6. The van der Waals surface area contributed by atoms with Crippen LogP contribution in [0.1, 0.15) is 0 Å². The lowest BCUT2D eigenvalue weighted by molar-refractivity contribution is 0.0923. The van der Waals surface area contributed by atoms with Crippen molar-refractivity contribution in [1.29, 1.82) is 0 Å². The van der Waals surface area contributed by atoms with Crippen LogP contribution >= 0.6 is 0 Å². The molecule has 9 aromatic rings. The van der Waals surface area contributed by atoms with E-state index in [0.717, 1.165) is 33.6 Å². The van der Waals surface area contributed by atoms with Crippen LogP contribution < -0.4 is 20.3 Å². The molecule has 0 unspecified atom stereocenters. The van der Waals surface area contributed by atoms with Crippen LogP contribution in [0.4, 0.5) is 0 Å². The molecule has 0 atom stereocenters. The number of hydrogen-bond acceptors (Lipinski definition) is 12. The van der Waals surface area contributed by atoms with Gasteiger partial charge in [-0.05, 0) is 36.4 Å². The Bertz CT molecular complexity index is 3050. The van der Waals surface area contributed by atoms with Gasteiger partial charge >= 0.3 is 0 Å². The molecule has 0 amide bonds. The van der Waals surface area contributed by atoms with Gasteiger partial charge in [-0.15, -0.1) is 10.2 Å². The summed E-state index contributed by atoms with van der Waals surface area (Å²) in [6.45, 7) is 3.21. The van der Waals surface area contributed by atoms with Crippen molar-refractivity contribution in [1.82, 2.24) is 30.0 Å². The number of fused-ring (bicyclic) bond motifs is 2. The summed E-state index contributed by atoms with van der Waals surface area (Å²) in [5, 5.41) is 18.2. The Morgan fingerprint density at radius 3 is 1.56 bits per heavy atom. The molecular formula is C48H40N6O8. The van der Waals surface area contributed by atoms with E-state index in [-0.39, 0.29) is 10.9 Å². The molecule has 14 heteroatoms. The molecule has 0 spiro atoms. The summed E-state index contributed by atoms with van der Waals surface area (Å²) < 4.78 is 38.8. The van der Waals surface area contributed by atoms with E-state index in [2.05, 4.69) is 20.6 Å². The van der Waals surface area contributed by atoms with E-state index in [1.807, 2.05) is 97.3 Å². The zero-order chi connectivity index (χ0) is 42.1. The van der Waals surface area contributed by atoms with Crippen molar-refractivity contribution in [3.63, 3.8) is 0 Å². The molecule has 310 valence electrons. The quantitative estimate of drug-likeness (QED) is 0.0770. The first-order valence-corrected chi connectivity index (χ1v) is 20.1. The fourth-order valence-corrected chi connectivity index (χ4v) is 6.81. The zero-order valence-electron chi connectivity index (χ0n) is 33.5. The Morgan fingerprint density at radius 1 is 0.452 bits per heavy atom. The lowest BCUT2D eigenvalue weighted by Crippen LogP contribution is -2.12. The fourth-order valence-electron chi connectivity index (χ4n) is 6.81. The van der Waals surface area contributed by atoms with Gasteiger partial charge in [0.05, 0.1) is 62.7 Å². The van der Waals surface area contributed by atoms with Crippen LogP contribution in [0, 0.1) is 0 Å². The van der Waals surface area contributed by atoms with E-state index in [4.69, 9.17) is 27.8 Å². The molecule has 4 heterocycles. The van der Waals surface area contributed by atoms with Gasteiger partial charge in [-0.25, -0.2) is 9.36 Å². The SMILES string of the molecule is O=c1cc(-c2ccccc2)oc2cc(OCCOCCn3cc(-c4cccc(-c5cn(CCOCCOc6ccc7oc(-c8ccccc8)cc(=O)c7c6)nn5)c4)nn3)ccc12. The van der Waals surface area contributed by atoms with Gasteiger partial charge < -0.3 is 27.8 Å². The van der Waals surface area contributed by atoms with Crippen molar-refractivity contribution >= 4 is 21.9 Å². The van der Waals surface area contributed by atoms with Crippen LogP contribution in [-0.2, 0) is 22.6 Å². The van der Waals surface area contributed by atoms with Crippen molar-refractivity contribution in [2.24, 2.45) is 0 Å². The molecule has 0 fully saturated rings. The molecule has 0 aliphatic rings. The summed E-state index contributed by atoms with van der Waals surface area (Å²) in [6, 6.07) is 40.4. The minimum atomic E-state index is -0.132. The van der Waals surface area contributed by atoms with Gasteiger partial charge in [-0.1, -0.05) is 89.3 Å². The summed E-state index contributed by atoms with van der Waals surface area (Å²) in [6.07, 6.45) is 3.75. The maximum atomic E-state index is 12.8. The highest BCUT2D eigenvalue weighted by Gasteiger charge is 2.12. The lowest BCUT2D eigenvalue weighted by atomic mass is 10.1. The Morgan fingerprint density at radius 2 is 0.968 bits per heavy atom. The second-order valence-corrected chi connectivity index (χ2v) is 14.2. The molecule has 14 nitrogen and oxygen atoms in total. The van der Waals surface area contributed by atoms with Crippen molar-refractivity contribution in [3.05, 3.63) is 166 Å². The molecule has 62 heavy (non-hydrogen) atoms. The molecule has 9 rings (SSSR count). The zero-order valence-corrected chi connectivity index (χ0v) is 33.5. The molecule has 0 saturated heterocycles. The second kappa shape index (κ2) is 18.7. The Balaban J connectivity index is 0.696. The van der Waals surface area contributed by atoms with Crippen LogP contribution in [0.3, 0.4) is 0 Å². The standard InChI is InChI=1S/C48H40N6O8/c55-43-29-47(34-10-5-2-6-11-34)62-48-28-38(14-16-39(43)48)60-25-23-58-21-19-54-32-42(50-52-54)36-13-7-12-35(26-36)41-31-53(51-49-41)18-20-57-22-24-59-37-15-17-45-40(27-37)44(56)30-46(61-45)33-8-3-1-4-9-33/h1-17,26-32H,18-25H2. The van der Waals surface area contributed by atoms with E-state index in [1.165, 1.54) is 12.1 Å². The number of benzene rings is 5. The van der Waals surface area contributed by atoms with Crippen LogP contribution in [0.2, 0.25) is 0 Å². The topological polar surface area (TPSA) is 159 Å². The first kappa shape index (κ1) is 39.8. The van der Waals surface area contributed by atoms with Crippen LogP contribution in [-0.4, -0.2) is 69.6 Å². The maximum absolute atomic E-state index is 12.8. The predicted octanol–water partition coefficient (Wildman–Crippen LogP) is 7.94. The van der Waals surface area contributed by atoms with Crippen LogP contribution in [0.5, 0.6) is 11.5 Å². The average Bonchev–Trinajstić information content (AvgIpc) is 4.00. The summed E-state index contributed by atoms with van der Waals surface area (Å²) in [7, 11) is 0. The van der Waals surface area contributed by atoms with E-state index in [1.54, 1.807) is 45.8 Å². The van der Waals surface area contributed by atoms with Gasteiger partial charge in [0.1, 0.15) is 58.8 Å². The molecule has 0 saturated carbocycles. The van der Waals surface area contributed by atoms with E-state index in [0.29, 0.717) is 97.7 Å². The molecule has 0 N–H and O–H groups in total. The summed E-state index contributed by atoms with van der Waals surface area (Å²) in [4.78, 5) is 25.5. The van der Waals surface area contributed by atoms with Crippen molar-refractivity contribution in [2.45, 2.75) is 13.1 Å². The summed E-state index contributed by atoms with van der Waals surface area (Å²) >= 11 is 0. The smallest absolute Gasteiger partial charge is 0.193 e. The highest BCUT2D eigenvalue weighted by atomic mass is 16.5. The minimum Gasteiger partial charge on any atom is -0.491 e. The molecule has 0 radical (unpaired) electrons. The van der Waals surface area contributed by atoms with Gasteiger partial charge in [0.15, 0.2) is 10.9 Å². The van der Waals surface area contributed by atoms with Crippen molar-refractivity contribution in [2.75, 3.05) is 39.6 Å². The molecule has 5 aromatic carbocycles. The average molecular weight is 829 g/mol. The third-order valence-corrected chi connectivity index (χ3v) is 9.97. The highest BCUT2D eigenvalue weighted by Crippen LogP contribution is 2.27. The summed E-state index contributed by atoms with van der Waals surface area (Å²) in [5.74, 6) is 2.18. The van der Waals surface area contributed by atoms with Gasteiger partial charge in [0.2, 0.25) is 0 Å². The van der Waals surface area contributed by atoms with Gasteiger partial charge in [0, 0.05) is 40.5 Å². The highest BCUT2D eigenvalue weighted by molar-refractivity contribution is 5.81. The van der Waals surface area contributed by atoms with Gasteiger partial charge in [0.25, 0.3) is 0 Å². The largest absolute Gasteiger partial charge is 0.491 e. The molecule has 4 aromatic heterocycles. The van der Waals surface area contributed by atoms with Gasteiger partial charge in [-0.3, -0.25) is 9.59 Å². The first-order valence-electron chi connectivity index (χ1n) is 20.1. The van der Waals surface area contributed by atoms with E-state index >= 15 is 0 Å². The lowest BCUT2D eigenvalue weighted by Gasteiger charge is -2.08. The summed E-state index contributed by atoms with van der Waals surface area (Å²) in [5.41, 5.74) is 5.63. The van der Waals surface area contributed by atoms with E-state index in [9.17, 15) is 9.59 Å². The second-order valence-electron chi connectivity index (χ2n) is 14.2. The Kier molecular flexibility index (Phi) is 12.0. The van der Waals surface area contributed by atoms with Crippen LogP contribution in [0.25, 0.3) is 67.1 Å². The normalized spacial score (nSPS) is 11.4. The van der Waals surface area contributed by atoms with Crippen LogP contribution in [0.15, 0.2) is 164 Å². The maximum Gasteiger partial charge on any atom is 0.193 e. The molecule has 0 aliphatic carbocycles. The Labute approximate surface area is 354 Å². The first-order chi connectivity index (χ1) is 30.5. The number of nitrogens with zero attached hydrogens (tertiary/aromatic N) is 6.